The minimum absolute atomic E-state index is 0.0689. The van der Waals surface area contributed by atoms with Crippen molar-refractivity contribution in [2.75, 3.05) is 12.4 Å². The molecule has 2 aromatic carbocycles. The van der Waals surface area contributed by atoms with Crippen molar-refractivity contribution in [2.45, 2.75) is 18.3 Å². The van der Waals surface area contributed by atoms with Gasteiger partial charge in [0.05, 0.1) is 40.1 Å². The number of aromatic amines is 1. The number of H-pyrrole nitrogens is 1. The second-order valence-electron chi connectivity index (χ2n) is 9.96. The van der Waals surface area contributed by atoms with Crippen molar-refractivity contribution >= 4 is 77.6 Å². The highest BCUT2D eigenvalue weighted by Gasteiger charge is 2.62. The van der Waals surface area contributed by atoms with Gasteiger partial charge in [-0.1, -0.05) is 15.9 Å². The average Bonchev–Trinajstić information content (AvgIpc) is 3.47. The Kier molecular flexibility index (Phi) is 6.17. The van der Waals surface area contributed by atoms with Gasteiger partial charge >= 0.3 is 0 Å². The van der Waals surface area contributed by atoms with E-state index >= 15 is 0 Å². The Balaban J connectivity index is 1.61. The molecule has 1 aromatic heterocycles. The fraction of sp³-hybridized carbons (Fsp3) is 0.172. The summed E-state index contributed by atoms with van der Waals surface area (Å²) in [5, 5.41) is 33.8. The number of hydrogen-bond acceptors (Lipinski definition) is 10. The van der Waals surface area contributed by atoms with Crippen LogP contribution in [0.2, 0.25) is 0 Å². The molecule has 0 saturated heterocycles. The lowest BCUT2D eigenvalue weighted by Crippen LogP contribution is -2.36. The lowest BCUT2D eigenvalue weighted by Gasteiger charge is -2.23. The molecule has 0 fully saturated rings. The van der Waals surface area contributed by atoms with Crippen molar-refractivity contribution in [1.29, 1.82) is 0 Å². The van der Waals surface area contributed by atoms with Gasteiger partial charge in [0.15, 0.2) is 28.9 Å². The molecule has 1 heterocycles. The van der Waals surface area contributed by atoms with Crippen LogP contribution >= 0.6 is 31.9 Å². The summed E-state index contributed by atoms with van der Waals surface area (Å²) in [4.78, 5) is 81.4. The van der Waals surface area contributed by atoms with Crippen LogP contribution in [0.5, 0.6) is 17.2 Å². The molecule has 3 aliphatic carbocycles. The Bertz CT molecular complexity index is 2020. The van der Waals surface area contributed by atoms with Gasteiger partial charge in [0.1, 0.15) is 22.7 Å². The number of benzene rings is 2. The number of aromatic nitrogens is 1. The molecule has 11 nitrogen and oxygen atoms in total. The molecule has 42 heavy (non-hydrogen) atoms. The van der Waals surface area contributed by atoms with Crippen LogP contribution in [-0.4, -0.2) is 61.7 Å². The molecular weight excluding hydrogens is 682 g/mol. The molecule has 0 aliphatic heterocycles. The van der Waals surface area contributed by atoms with Gasteiger partial charge in [0.2, 0.25) is 5.78 Å². The van der Waals surface area contributed by atoms with E-state index < -0.39 is 79.4 Å². The summed E-state index contributed by atoms with van der Waals surface area (Å²) in [6.45, 7) is 0. The highest BCUT2D eigenvalue weighted by atomic mass is 79.9. The predicted molar refractivity (Wildman–Crippen MR) is 154 cm³/mol. The fourth-order valence-corrected chi connectivity index (χ4v) is 7.02. The topological polar surface area (TPSA) is 188 Å². The van der Waals surface area contributed by atoms with Crippen LogP contribution in [0.15, 0.2) is 33.2 Å². The second kappa shape index (κ2) is 9.33. The Hall–Kier alpha value is -4.36. The molecule has 0 saturated carbocycles. The molecule has 0 bridgehead atoms. The number of phenolic OH excluding ortho intramolecular Hbond substituents is 3. The summed E-state index contributed by atoms with van der Waals surface area (Å²) in [6.07, 6.45) is 3.32. The van der Waals surface area contributed by atoms with Crippen LogP contribution in [0.25, 0.3) is 16.8 Å². The van der Waals surface area contributed by atoms with E-state index in [1.54, 1.807) is 0 Å². The molecule has 0 amide bonds. The number of ketones is 5. The average molecular weight is 699 g/mol. The van der Waals surface area contributed by atoms with Crippen LogP contribution in [0.3, 0.4) is 0 Å². The quantitative estimate of drug-likeness (QED) is 0.136. The van der Waals surface area contributed by atoms with Crippen molar-refractivity contribution in [3.05, 3.63) is 77.9 Å². The lowest BCUT2D eigenvalue weighted by molar-refractivity contribution is -0.112. The van der Waals surface area contributed by atoms with E-state index in [4.69, 9.17) is 4.74 Å². The van der Waals surface area contributed by atoms with Crippen LogP contribution in [0, 0.1) is 0 Å². The maximum atomic E-state index is 14.1. The molecule has 1 unspecified atom stereocenters. The Morgan fingerprint density at radius 2 is 1.67 bits per heavy atom. The van der Waals surface area contributed by atoms with Gasteiger partial charge in [0.25, 0.3) is 5.56 Å². The number of rotatable bonds is 4. The molecule has 1 atom stereocenters. The van der Waals surface area contributed by atoms with Crippen LogP contribution < -0.4 is 5.56 Å². The van der Waals surface area contributed by atoms with E-state index in [1.807, 2.05) is 0 Å². The van der Waals surface area contributed by atoms with Crippen molar-refractivity contribution < 1.29 is 44.0 Å². The highest BCUT2D eigenvalue weighted by molar-refractivity contribution is 9.10. The van der Waals surface area contributed by atoms with Crippen molar-refractivity contribution in [3.63, 3.8) is 0 Å². The molecule has 6 rings (SSSR count). The second-order valence-corrected chi connectivity index (χ2v) is 11.3. The summed E-state index contributed by atoms with van der Waals surface area (Å²) in [5.41, 5.74) is -5.15. The number of Topliss-reactive ketones (excluding diaryl/α,β-unsaturated/α-hetero) is 3. The minimum Gasteiger partial charge on any atom is -0.507 e. The normalized spacial score (nSPS) is 19.1. The first-order valence-corrected chi connectivity index (χ1v) is 14.3. The zero-order valence-corrected chi connectivity index (χ0v) is 24.6. The lowest BCUT2D eigenvalue weighted by atomic mass is 9.76. The van der Waals surface area contributed by atoms with Gasteiger partial charge in [-0.2, -0.15) is 0 Å². The summed E-state index contributed by atoms with van der Waals surface area (Å²) < 4.78 is 5.22. The summed E-state index contributed by atoms with van der Waals surface area (Å²) in [7, 11) is 1.13. The maximum Gasteiger partial charge on any atom is 0.260 e. The van der Waals surface area contributed by atoms with Gasteiger partial charge < -0.3 is 25.0 Å². The number of carbonyl (C=O) groups is 5. The molecule has 3 aromatic rings. The number of fused-ring (bicyclic) bond motifs is 5. The number of aromatic hydroxyl groups is 3. The zero-order chi connectivity index (χ0) is 30.4. The Labute approximate surface area is 251 Å². The van der Waals surface area contributed by atoms with E-state index in [-0.39, 0.29) is 46.0 Å². The number of nitrogens with one attached hydrogen (secondary N) is 1. The van der Waals surface area contributed by atoms with Gasteiger partial charge in [-0.25, -0.2) is 0 Å². The number of methoxy groups -OCH3 is 1. The molecule has 0 radical (unpaired) electrons. The minimum atomic E-state index is -2.16. The van der Waals surface area contributed by atoms with Gasteiger partial charge in [0, 0.05) is 27.2 Å². The van der Waals surface area contributed by atoms with E-state index in [0.717, 1.165) is 13.2 Å². The molecule has 4 N–H and O–H groups in total. The smallest absolute Gasteiger partial charge is 0.260 e. The number of phenols is 3. The zero-order valence-electron chi connectivity index (χ0n) is 21.4. The molecule has 3 aliphatic rings. The number of allylic oxidation sites excluding steroid dienone is 3. The van der Waals surface area contributed by atoms with Gasteiger partial charge in [-0.05, 0) is 52.6 Å². The first-order chi connectivity index (χ1) is 19.9. The Morgan fingerprint density at radius 3 is 2.29 bits per heavy atom. The number of ether oxygens (including phenoxy) is 1. The largest absolute Gasteiger partial charge is 0.507 e. The first kappa shape index (κ1) is 27.8. The summed E-state index contributed by atoms with van der Waals surface area (Å²) in [6, 6.07) is 1.51. The third-order valence-corrected chi connectivity index (χ3v) is 9.40. The molecule has 13 heteroatoms. The third kappa shape index (κ3) is 3.37. The Morgan fingerprint density at radius 1 is 1.02 bits per heavy atom. The molecular formula is C29H17Br2NO10. The standard InChI is InChI=1S/C29H17Br2NO10/c1-42-14-7-13(34)16-17(22(14)35)24(37)19-18(23(16)36)26(39)29(27(19)40)5-4-11-20(29)25(38)15-12(21(11)31)6-9(32-28(15)41)2-3-10(33)8-30/h2-3,6-7,36-38H,4-5,8H2,1H3,(H,32,41)/b3-2+. The van der Waals surface area contributed by atoms with E-state index in [0.29, 0.717) is 10.0 Å². The van der Waals surface area contributed by atoms with E-state index in [9.17, 15) is 44.1 Å². The SMILES string of the molecule is COC1=CC(=O)c2c(O)c3c(c(O)c2C1=O)C(=O)C1(CCc2c1c(O)c1c(=O)[nH]c(/C=C/C(=O)CBr)cc1c2Br)C3=O. The van der Waals surface area contributed by atoms with Crippen LogP contribution in [0.1, 0.15) is 64.7 Å². The van der Waals surface area contributed by atoms with Crippen molar-refractivity contribution in [2.24, 2.45) is 0 Å². The predicted octanol–water partition coefficient (Wildman–Crippen LogP) is 3.56. The van der Waals surface area contributed by atoms with Crippen molar-refractivity contribution in [3.8, 4) is 17.2 Å². The van der Waals surface area contributed by atoms with Crippen LogP contribution in [-0.2, 0) is 21.4 Å². The van der Waals surface area contributed by atoms with Crippen molar-refractivity contribution in [1.82, 2.24) is 4.98 Å². The number of alkyl halides is 1. The number of pyridine rings is 1. The summed E-state index contributed by atoms with van der Waals surface area (Å²) >= 11 is 6.50. The van der Waals surface area contributed by atoms with E-state index in [1.165, 1.54) is 18.2 Å². The first-order valence-electron chi connectivity index (χ1n) is 12.3. The fourth-order valence-electron chi connectivity index (χ4n) is 6.12. The monoisotopic (exact) mass is 697 g/mol. The maximum absolute atomic E-state index is 14.1. The highest BCUT2D eigenvalue weighted by Crippen LogP contribution is 2.58. The number of halogens is 2. The molecule has 212 valence electrons. The number of carbonyl (C=O) groups excluding carboxylic acids is 5. The van der Waals surface area contributed by atoms with Gasteiger partial charge in [-0.3, -0.25) is 28.8 Å². The summed E-state index contributed by atoms with van der Waals surface area (Å²) in [5.74, 6) is -7.14. The van der Waals surface area contributed by atoms with E-state index in [2.05, 4.69) is 36.8 Å². The van der Waals surface area contributed by atoms with Gasteiger partial charge in [-0.15, -0.1) is 0 Å². The number of hydrogen-bond donors (Lipinski definition) is 4. The van der Waals surface area contributed by atoms with Crippen LogP contribution in [0.4, 0.5) is 0 Å². The molecule has 1 spiro atoms. The third-order valence-electron chi connectivity index (χ3n) is 7.94.